The lowest BCUT2D eigenvalue weighted by Crippen LogP contribution is -2.47. The van der Waals surface area contributed by atoms with Crippen molar-refractivity contribution < 1.29 is 10.3 Å². The molecule has 1 aliphatic rings. The van der Waals surface area contributed by atoms with Crippen molar-refractivity contribution in [1.29, 1.82) is 0 Å². The monoisotopic (exact) mass is 229 g/mol. The first-order valence-corrected chi connectivity index (χ1v) is 5.91. The maximum atomic E-state index is 9.86. The Balaban J connectivity index is 2.49. The molecule has 0 radical (unpaired) electrons. The first-order valence-electron chi connectivity index (χ1n) is 5.91. The Kier molecular flexibility index (Phi) is 4.56. The molecule has 1 heterocycles. The zero-order chi connectivity index (χ0) is 12.2. The molecular formula is C11H23N3O2. The minimum Gasteiger partial charge on any atom is -0.409 e. The van der Waals surface area contributed by atoms with Gasteiger partial charge in [0.2, 0.25) is 0 Å². The van der Waals surface area contributed by atoms with E-state index < -0.39 is 5.60 Å². The highest BCUT2D eigenvalue weighted by Gasteiger charge is 2.30. The Hall–Kier alpha value is -0.810. The van der Waals surface area contributed by atoms with Crippen LogP contribution in [0.25, 0.3) is 0 Å². The van der Waals surface area contributed by atoms with Gasteiger partial charge in [0.15, 0.2) is 0 Å². The molecule has 0 aliphatic carbocycles. The zero-order valence-corrected chi connectivity index (χ0v) is 10.2. The van der Waals surface area contributed by atoms with Crippen molar-refractivity contribution in [2.24, 2.45) is 10.9 Å². The van der Waals surface area contributed by atoms with Gasteiger partial charge in [-0.15, -0.1) is 0 Å². The summed E-state index contributed by atoms with van der Waals surface area (Å²) in [6.45, 7) is 5.74. The van der Waals surface area contributed by atoms with Crippen molar-refractivity contribution in [2.45, 2.75) is 51.2 Å². The minimum atomic E-state index is -0.522. The van der Waals surface area contributed by atoms with E-state index in [2.05, 4.69) is 17.0 Å². The Labute approximate surface area is 96.9 Å². The molecule has 0 bridgehead atoms. The third-order valence-electron chi connectivity index (χ3n) is 3.44. The average Bonchev–Trinajstić information content (AvgIpc) is 2.26. The molecule has 1 aliphatic heterocycles. The van der Waals surface area contributed by atoms with Gasteiger partial charge in [-0.1, -0.05) is 12.1 Å². The summed E-state index contributed by atoms with van der Waals surface area (Å²) in [4.78, 5) is 2.32. The van der Waals surface area contributed by atoms with E-state index in [-0.39, 0.29) is 5.84 Å². The fraction of sp³-hybridized carbons (Fsp3) is 0.909. The Bertz CT molecular complexity index is 244. The van der Waals surface area contributed by atoms with Gasteiger partial charge >= 0.3 is 0 Å². The summed E-state index contributed by atoms with van der Waals surface area (Å²) in [5.74, 6) is 0.282. The molecule has 1 saturated heterocycles. The minimum absolute atomic E-state index is 0.282. The molecule has 0 aromatic carbocycles. The molecule has 0 saturated carbocycles. The molecule has 4 N–H and O–H groups in total. The smallest absolute Gasteiger partial charge is 0.140 e. The predicted molar refractivity (Wildman–Crippen MR) is 63.5 cm³/mol. The highest BCUT2D eigenvalue weighted by molar-refractivity contribution is 5.80. The number of likely N-dealkylation sites (tertiary alicyclic amines) is 1. The SMILES string of the molecule is CCC(CC(N)=NO)N1CCC(C)(O)CC1. The van der Waals surface area contributed by atoms with Crippen LogP contribution >= 0.6 is 0 Å². The van der Waals surface area contributed by atoms with Crippen LogP contribution in [0.15, 0.2) is 5.16 Å². The Morgan fingerprint density at radius 3 is 2.50 bits per heavy atom. The van der Waals surface area contributed by atoms with Gasteiger partial charge in [0.05, 0.1) is 5.60 Å². The van der Waals surface area contributed by atoms with Crippen LogP contribution in [-0.2, 0) is 0 Å². The standard InChI is InChI=1S/C11H23N3O2/c1-3-9(8-10(12)13-16)14-6-4-11(2,15)5-7-14/h9,15-16H,3-8H2,1-2H3,(H2,12,13). The van der Waals surface area contributed by atoms with Crippen LogP contribution in [0, 0.1) is 0 Å². The summed E-state index contributed by atoms with van der Waals surface area (Å²) < 4.78 is 0. The fourth-order valence-corrected chi connectivity index (χ4v) is 2.18. The highest BCUT2D eigenvalue weighted by Crippen LogP contribution is 2.24. The van der Waals surface area contributed by atoms with E-state index in [1.54, 1.807) is 0 Å². The van der Waals surface area contributed by atoms with Gasteiger partial charge in [-0.05, 0) is 26.2 Å². The number of piperidine rings is 1. The van der Waals surface area contributed by atoms with Crippen molar-refractivity contribution in [3.63, 3.8) is 0 Å². The van der Waals surface area contributed by atoms with E-state index in [0.717, 1.165) is 32.4 Å². The quantitative estimate of drug-likeness (QED) is 0.287. The summed E-state index contributed by atoms with van der Waals surface area (Å²) in [6.07, 6.45) is 3.15. The predicted octanol–water partition coefficient (Wildman–Crippen LogP) is 0.748. The summed E-state index contributed by atoms with van der Waals surface area (Å²) >= 11 is 0. The Morgan fingerprint density at radius 1 is 1.50 bits per heavy atom. The van der Waals surface area contributed by atoms with E-state index in [1.165, 1.54) is 0 Å². The molecule has 0 amide bonds. The van der Waals surface area contributed by atoms with Gasteiger partial charge in [0.25, 0.3) is 0 Å². The molecule has 0 aromatic rings. The van der Waals surface area contributed by atoms with Gasteiger partial charge in [0.1, 0.15) is 5.84 Å². The van der Waals surface area contributed by atoms with Crippen molar-refractivity contribution in [1.82, 2.24) is 4.90 Å². The van der Waals surface area contributed by atoms with Crippen molar-refractivity contribution in [2.75, 3.05) is 13.1 Å². The molecule has 1 atom stereocenters. The fourth-order valence-electron chi connectivity index (χ4n) is 2.18. The maximum Gasteiger partial charge on any atom is 0.140 e. The van der Waals surface area contributed by atoms with Gasteiger partial charge in [-0.2, -0.15) is 0 Å². The second-order valence-corrected chi connectivity index (χ2v) is 4.89. The van der Waals surface area contributed by atoms with Gasteiger partial charge in [0, 0.05) is 25.6 Å². The second kappa shape index (κ2) is 5.50. The number of rotatable bonds is 4. The highest BCUT2D eigenvalue weighted by atomic mass is 16.4. The van der Waals surface area contributed by atoms with Crippen molar-refractivity contribution in [3.05, 3.63) is 0 Å². The molecule has 16 heavy (non-hydrogen) atoms. The van der Waals surface area contributed by atoms with E-state index in [0.29, 0.717) is 12.5 Å². The molecule has 5 nitrogen and oxygen atoms in total. The number of amidine groups is 1. The lowest BCUT2D eigenvalue weighted by atomic mass is 9.92. The molecule has 0 aromatic heterocycles. The van der Waals surface area contributed by atoms with E-state index in [4.69, 9.17) is 10.9 Å². The first-order chi connectivity index (χ1) is 7.48. The largest absolute Gasteiger partial charge is 0.409 e. The normalized spacial score (nSPS) is 24.3. The van der Waals surface area contributed by atoms with Crippen LogP contribution in [0.5, 0.6) is 0 Å². The summed E-state index contributed by atoms with van der Waals surface area (Å²) in [5, 5.41) is 21.4. The molecule has 0 spiro atoms. The Morgan fingerprint density at radius 2 is 2.06 bits per heavy atom. The van der Waals surface area contributed by atoms with Crippen LogP contribution in [0.3, 0.4) is 0 Å². The average molecular weight is 229 g/mol. The van der Waals surface area contributed by atoms with Crippen LogP contribution in [0.1, 0.15) is 39.5 Å². The number of oxime groups is 1. The van der Waals surface area contributed by atoms with Crippen LogP contribution in [-0.4, -0.2) is 45.8 Å². The summed E-state index contributed by atoms with van der Waals surface area (Å²) in [7, 11) is 0. The number of nitrogens with zero attached hydrogens (tertiary/aromatic N) is 2. The van der Waals surface area contributed by atoms with Crippen molar-refractivity contribution in [3.8, 4) is 0 Å². The van der Waals surface area contributed by atoms with E-state index >= 15 is 0 Å². The molecule has 1 fully saturated rings. The van der Waals surface area contributed by atoms with Crippen LogP contribution < -0.4 is 5.73 Å². The lowest BCUT2D eigenvalue weighted by Gasteiger charge is -2.39. The number of nitrogens with two attached hydrogens (primary N) is 1. The third kappa shape index (κ3) is 3.64. The second-order valence-electron chi connectivity index (χ2n) is 4.89. The molecule has 5 heteroatoms. The van der Waals surface area contributed by atoms with Gasteiger partial charge in [-0.3, -0.25) is 4.90 Å². The number of hydrogen-bond donors (Lipinski definition) is 3. The third-order valence-corrected chi connectivity index (χ3v) is 3.44. The zero-order valence-electron chi connectivity index (χ0n) is 10.2. The number of hydrogen-bond acceptors (Lipinski definition) is 4. The molecule has 94 valence electrons. The topological polar surface area (TPSA) is 82.1 Å². The lowest BCUT2D eigenvalue weighted by molar-refractivity contribution is -0.0162. The number of aliphatic hydroxyl groups is 1. The summed E-state index contributed by atoms with van der Waals surface area (Å²) in [5.41, 5.74) is 5.01. The van der Waals surface area contributed by atoms with Crippen molar-refractivity contribution >= 4 is 5.84 Å². The molecule has 1 unspecified atom stereocenters. The van der Waals surface area contributed by atoms with E-state index in [1.807, 2.05) is 6.92 Å². The molecule has 1 rings (SSSR count). The van der Waals surface area contributed by atoms with Crippen LogP contribution in [0.4, 0.5) is 0 Å². The van der Waals surface area contributed by atoms with Gasteiger partial charge in [-0.25, -0.2) is 0 Å². The van der Waals surface area contributed by atoms with E-state index in [9.17, 15) is 5.11 Å². The van der Waals surface area contributed by atoms with Gasteiger partial charge < -0.3 is 16.0 Å². The first kappa shape index (κ1) is 13.3. The molecular weight excluding hydrogens is 206 g/mol. The van der Waals surface area contributed by atoms with Crippen LogP contribution in [0.2, 0.25) is 0 Å². The maximum absolute atomic E-state index is 9.86. The summed E-state index contributed by atoms with van der Waals surface area (Å²) in [6, 6.07) is 0.312.